The van der Waals surface area contributed by atoms with Crippen molar-refractivity contribution in [3.8, 4) is 0 Å². The van der Waals surface area contributed by atoms with E-state index in [0.29, 0.717) is 11.5 Å². The molecule has 1 heterocycles. The summed E-state index contributed by atoms with van der Waals surface area (Å²) >= 11 is 0. The molecule has 0 amide bonds. The molecule has 1 saturated heterocycles. The summed E-state index contributed by atoms with van der Waals surface area (Å²) in [6.07, 6.45) is 8.16. The maximum Gasteiger partial charge on any atom is 0.0168 e. The van der Waals surface area contributed by atoms with E-state index in [9.17, 15) is 0 Å². The van der Waals surface area contributed by atoms with Gasteiger partial charge in [0.05, 0.1) is 0 Å². The van der Waals surface area contributed by atoms with Crippen LogP contribution < -0.4 is 5.73 Å². The third-order valence-corrected chi connectivity index (χ3v) is 4.93. The smallest absolute Gasteiger partial charge is 0.0168 e. The van der Waals surface area contributed by atoms with Gasteiger partial charge in [-0.2, -0.15) is 0 Å². The van der Waals surface area contributed by atoms with Gasteiger partial charge in [0.25, 0.3) is 0 Å². The van der Waals surface area contributed by atoms with Crippen LogP contribution in [0.15, 0.2) is 0 Å². The van der Waals surface area contributed by atoms with Crippen LogP contribution >= 0.6 is 0 Å². The Balaban J connectivity index is 1.82. The Labute approximate surface area is 107 Å². The summed E-state index contributed by atoms with van der Waals surface area (Å²) in [5.74, 6) is 0.928. The average Bonchev–Trinajstić information content (AvgIpc) is 2.28. The first-order valence-electron chi connectivity index (χ1n) is 7.46. The van der Waals surface area contributed by atoms with Crippen molar-refractivity contribution >= 4 is 0 Å². The van der Waals surface area contributed by atoms with Crippen LogP contribution in [0.2, 0.25) is 0 Å². The Morgan fingerprint density at radius 1 is 1.00 bits per heavy atom. The van der Waals surface area contributed by atoms with Gasteiger partial charge in [-0.3, -0.25) is 4.90 Å². The van der Waals surface area contributed by atoms with Gasteiger partial charge in [-0.1, -0.05) is 20.8 Å². The third kappa shape index (κ3) is 3.45. The summed E-state index contributed by atoms with van der Waals surface area (Å²) < 4.78 is 0. The molecule has 2 heteroatoms. The minimum atomic E-state index is 0.434. The van der Waals surface area contributed by atoms with Crippen LogP contribution in [-0.4, -0.2) is 30.1 Å². The number of rotatable bonds is 1. The second-order valence-corrected chi connectivity index (χ2v) is 7.27. The van der Waals surface area contributed by atoms with Crippen LogP contribution in [-0.2, 0) is 0 Å². The summed E-state index contributed by atoms with van der Waals surface area (Å²) in [5.41, 5.74) is 6.59. The predicted molar refractivity (Wildman–Crippen MR) is 74.0 cm³/mol. The number of piperidine rings is 1. The fourth-order valence-electron chi connectivity index (χ4n) is 3.68. The zero-order valence-corrected chi connectivity index (χ0v) is 11.9. The molecule has 1 atom stereocenters. The zero-order chi connectivity index (χ0) is 12.5. The lowest BCUT2D eigenvalue weighted by Crippen LogP contribution is -2.49. The van der Waals surface area contributed by atoms with Gasteiger partial charge in [0.1, 0.15) is 0 Å². The standard InChI is InChI=1S/C15H30N2/c1-15(2,3)12-6-8-14(9-7-12)17-10-4-5-13(16)11-17/h12-14H,4-11,16H2,1-3H3/t12?,13-,14?/m0/s1. The summed E-state index contributed by atoms with van der Waals surface area (Å²) in [6, 6.07) is 1.27. The molecule has 0 aromatic carbocycles. The van der Waals surface area contributed by atoms with Gasteiger partial charge >= 0.3 is 0 Å². The average molecular weight is 238 g/mol. The molecule has 0 aromatic heterocycles. The lowest BCUT2D eigenvalue weighted by atomic mass is 9.71. The molecule has 100 valence electrons. The highest BCUT2D eigenvalue weighted by molar-refractivity contribution is 4.87. The van der Waals surface area contributed by atoms with Crippen molar-refractivity contribution < 1.29 is 0 Å². The molecule has 2 fully saturated rings. The number of hydrogen-bond acceptors (Lipinski definition) is 2. The molecule has 0 unspecified atom stereocenters. The third-order valence-electron chi connectivity index (χ3n) is 4.93. The van der Waals surface area contributed by atoms with E-state index in [1.54, 1.807) is 0 Å². The molecule has 2 rings (SSSR count). The van der Waals surface area contributed by atoms with Gasteiger partial charge in [-0.05, 0) is 56.4 Å². The summed E-state index contributed by atoms with van der Waals surface area (Å²) in [6.45, 7) is 9.63. The summed E-state index contributed by atoms with van der Waals surface area (Å²) in [5, 5.41) is 0. The molecular weight excluding hydrogens is 208 g/mol. The van der Waals surface area contributed by atoms with Crippen molar-refractivity contribution in [2.45, 2.75) is 71.4 Å². The van der Waals surface area contributed by atoms with Gasteiger partial charge < -0.3 is 5.73 Å². The van der Waals surface area contributed by atoms with Crippen LogP contribution in [0.4, 0.5) is 0 Å². The van der Waals surface area contributed by atoms with Gasteiger partial charge in [-0.15, -0.1) is 0 Å². The van der Waals surface area contributed by atoms with Gasteiger partial charge in [0.15, 0.2) is 0 Å². The van der Waals surface area contributed by atoms with E-state index in [2.05, 4.69) is 25.7 Å². The van der Waals surface area contributed by atoms with E-state index < -0.39 is 0 Å². The van der Waals surface area contributed by atoms with Crippen LogP contribution in [0.3, 0.4) is 0 Å². The fourth-order valence-corrected chi connectivity index (χ4v) is 3.68. The topological polar surface area (TPSA) is 29.3 Å². The SMILES string of the molecule is CC(C)(C)C1CCC(N2CCC[C@H](N)C2)CC1. The quantitative estimate of drug-likeness (QED) is 0.761. The lowest BCUT2D eigenvalue weighted by molar-refractivity contribution is 0.0773. The van der Waals surface area contributed by atoms with Gasteiger partial charge in [0, 0.05) is 18.6 Å². The van der Waals surface area contributed by atoms with E-state index in [-0.39, 0.29) is 0 Å². The van der Waals surface area contributed by atoms with Crippen LogP contribution in [0.1, 0.15) is 59.3 Å². The van der Waals surface area contributed by atoms with Crippen molar-refractivity contribution in [3.63, 3.8) is 0 Å². The molecule has 1 aliphatic heterocycles. The van der Waals surface area contributed by atoms with E-state index in [0.717, 1.165) is 18.5 Å². The molecule has 2 aliphatic rings. The minimum absolute atomic E-state index is 0.434. The molecular formula is C15H30N2. The van der Waals surface area contributed by atoms with Crippen LogP contribution in [0.25, 0.3) is 0 Å². The molecule has 0 aromatic rings. The Morgan fingerprint density at radius 3 is 2.18 bits per heavy atom. The molecule has 2 N–H and O–H groups in total. The predicted octanol–water partition coefficient (Wildman–Crippen LogP) is 3.01. The maximum absolute atomic E-state index is 6.09. The van der Waals surface area contributed by atoms with Crippen LogP contribution in [0.5, 0.6) is 0 Å². The first-order valence-corrected chi connectivity index (χ1v) is 7.46. The van der Waals surface area contributed by atoms with Crippen LogP contribution in [0, 0.1) is 11.3 Å². The van der Waals surface area contributed by atoms with E-state index in [1.807, 2.05) is 0 Å². The number of likely N-dealkylation sites (tertiary alicyclic amines) is 1. The highest BCUT2D eigenvalue weighted by Crippen LogP contribution is 2.39. The first kappa shape index (κ1) is 13.4. The highest BCUT2D eigenvalue weighted by Gasteiger charge is 2.32. The second kappa shape index (κ2) is 5.27. The normalized spacial score (nSPS) is 37.1. The van der Waals surface area contributed by atoms with Crippen molar-refractivity contribution in [3.05, 3.63) is 0 Å². The Bertz CT molecular complexity index is 236. The van der Waals surface area contributed by atoms with E-state index in [1.165, 1.54) is 45.1 Å². The lowest BCUT2D eigenvalue weighted by Gasteiger charge is -2.43. The number of hydrogen-bond donors (Lipinski definition) is 1. The maximum atomic E-state index is 6.09. The number of nitrogens with zero attached hydrogens (tertiary/aromatic N) is 1. The van der Waals surface area contributed by atoms with Crippen molar-refractivity contribution in [1.29, 1.82) is 0 Å². The molecule has 1 saturated carbocycles. The Hall–Kier alpha value is -0.0800. The minimum Gasteiger partial charge on any atom is -0.327 e. The largest absolute Gasteiger partial charge is 0.327 e. The van der Waals surface area contributed by atoms with Crippen molar-refractivity contribution in [2.24, 2.45) is 17.1 Å². The summed E-state index contributed by atoms with van der Waals surface area (Å²) in [4.78, 5) is 2.67. The fraction of sp³-hybridized carbons (Fsp3) is 1.00. The molecule has 0 spiro atoms. The Morgan fingerprint density at radius 2 is 1.65 bits per heavy atom. The van der Waals surface area contributed by atoms with Crippen molar-refractivity contribution in [2.75, 3.05) is 13.1 Å². The monoisotopic (exact) mass is 238 g/mol. The summed E-state index contributed by atoms with van der Waals surface area (Å²) in [7, 11) is 0. The molecule has 0 radical (unpaired) electrons. The molecule has 2 nitrogen and oxygen atoms in total. The highest BCUT2D eigenvalue weighted by atomic mass is 15.2. The molecule has 1 aliphatic carbocycles. The van der Waals surface area contributed by atoms with Gasteiger partial charge in [-0.25, -0.2) is 0 Å². The van der Waals surface area contributed by atoms with E-state index in [4.69, 9.17) is 5.73 Å². The van der Waals surface area contributed by atoms with Crippen molar-refractivity contribution in [1.82, 2.24) is 4.90 Å². The second-order valence-electron chi connectivity index (χ2n) is 7.27. The van der Waals surface area contributed by atoms with Gasteiger partial charge in [0.2, 0.25) is 0 Å². The molecule has 0 bridgehead atoms. The zero-order valence-electron chi connectivity index (χ0n) is 11.9. The van der Waals surface area contributed by atoms with E-state index >= 15 is 0 Å². The first-order chi connectivity index (χ1) is 7.97. The molecule has 17 heavy (non-hydrogen) atoms. The number of nitrogens with two attached hydrogens (primary N) is 1. The Kier molecular flexibility index (Phi) is 4.14.